The van der Waals surface area contributed by atoms with Crippen LogP contribution in [0.25, 0.3) is 11.5 Å². The average molecular weight is 412 g/mol. The fourth-order valence-electron chi connectivity index (χ4n) is 2.40. The molecule has 4 rings (SSSR count). The van der Waals surface area contributed by atoms with Crippen molar-refractivity contribution >= 4 is 33.9 Å². The summed E-state index contributed by atoms with van der Waals surface area (Å²) >= 11 is 3.02. The van der Waals surface area contributed by atoms with Crippen LogP contribution < -0.4 is 10.1 Å². The molecule has 0 aliphatic rings. The summed E-state index contributed by atoms with van der Waals surface area (Å²) in [4.78, 5) is 0. The molecule has 0 unspecified atom stereocenters. The standard InChI is InChI=1S/C19H17N5O2S2/c1-12(16-21-22-17(26-16)13-8-10-15(25-2)11-9-13)27-19-24-23-18(28-19)20-14-6-4-3-5-7-14/h3-12H,1-2H3,(H,20,23)/t12-/m1/s1. The Morgan fingerprint density at radius 2 is 1.79 bits per heavy atom. The number of benzene rings is 2. The first kappa shape index (κ1) is 18.5. The van der Waals surface area contributed by atoms with E-state index in [4.69, 9.17) is 9.15 Å². The van der Waals surface area contributed by atoms with Crippen molar-refractivity contribution in [1.29, 1.82) is 0 Å². The van der Waals surface area contributed by atoms with Crippen molar-refractivity contribution < 1.29 is 9.15 Å². The highest BCUT2D eigenvalue weighted by Crippen LogP contribution is 2.38. The summed E-state index contributed by atoms with van der Waals surface area (Å²) in [6, 6.07) is 17.4. The first-order valence-electron chi connectivity index (χ1n) is 8.51. The normalized spacial score (nSPS) is 11.9. The second-order valence-electron chi connectivity index (χ2n) is 5.80. The van der Waals surface area contributed by atoms with E-state index in [0.717, 1.165) is 26.5 Å². The van der Waals surface area contributed by atoms with Crippen molar-refractivity contribution in [2.24, 2.45) is 0 Å². The Morgan fingerprint density at radius 1 is 1.00 bits per heavy atom. The van der Waals surface area contributed by atoms with E-state index >= 15 is 0 Å². The van der Waals surface area contributed by atoms with Crippen LogP contribution in [0.3, 0.4) is 0 Å². The quantitative estimate of drug-likeness (QED) is 0.416. The molecule has 0 amide bonds. The topological polar surface area (TPSA) is 86.0 Å². The third-order valence-corrected chi connectivity index (χ3v) is 5.84. The molecular formula is C19H17N5O2S2. The maximum Gasteiger partial charge on any atom is 0.247 e. The minimum Gasteiger partial charge on any atom is -0.497 e. The van der Waals surface area contributed by atoms with Gasteiger partial charge in [0.25, 0.3) is 0 Å². The van der Waals surface area contributed by atoms with Gasteiger partial charge in [0.05, 0.1) is 12.4 Å². The molecule has 2 aromatic carbocycles. The van der Waals surface area contributed by atoms with Crippen LogP contribution in [0.1, 0.15) is 18.1 Å². The van der Waals surface area contributed by atoms with Gasteiger partial charge in [0, 0.05) is 11.3 Å². The van der Waals surface area contributed by atoms with E-state index in [1.165, 1.54) is 23.1 Å². The molecule has 2 aromatic heterocycles. The highest BCUT2D eigenvalue weighted by Gasteiger charge is 2.18. The van der Waals surface area contributed by atoms with E-state index in [2.05, 4.69) is 25.7 Å². The van der Waals surface area contributed by atoms with Gasteiger partial charge in [-0.3, -0.25) is 0 Å². The molecule has 28 heavy (non-hydrogen) atoms. The van der Waals surface area contributed by atoms with E-state index in [9.17, 15) is 0 Å². The van der Waals surface area contributed by atoms with E-state index in [1.807, 2.05) is 61.5 Å². The predicted octanol–water partition coefficient (Wildman–Crippen LogP) is 5.19. The zero-order valence-corrected chi connectivity index (χ0v) is 16.8. The van der Waals surface area contributed by atoms with Crippen molar-refractivity contribution in [3.63, 3.8) is 0 Å². The summed E-state index contributed by atoms with van der Waals surface area (Å²) in [5.41, 5.74) is 1.83. The molecule has 0 saturated heterocycles. The number of hydrogen-bond donors (Lipinski definition) is 1. The summed E-state index contributed by atoms with van der Waals surface area (Å²) < 4.78 is 11.8. The molecule has 0 radical (unpaired) electrons. The highest BCUT2D eigenvalue weighted by atomic mass is 32.2. The number of nitrogens with zero attached hydrogens (tertiary/aromatic N) is 4. The second-order valence-corrected chi connectivity index (χ2v) is 8.36. The zero-order valence-electron chi connectivity index (χ0n) is 15.2. The van der Waals surface area contributed by atoms with Gasteiger partial charge in [-0.15, -0.1) is 20.4 Å². The summed E-state index contributed by atoms with van der Waals surface area (Å²) in [5, 5.41) is 20.7. The Kier molecular flexibility index (Phi) is 5.54. The molecule has 1 atom stereocenters. The van der Waals surface area contributed by atoms with Crippen molar-refractivity contribution in [3.8, 4) is 17.2 Å². The number of thioether (sulfide) groups is 1. The third-order valence-electron chi connectivity index (χ3n) is 3.83. The fourth-order valence-corrected chi connectivity index (χ4v) is 4.35. The highest BCUT2D eigenvalue weighted by molar-refractivity contribution is 8.01. The monoisotopic (exact) mass is 411 g/mol. The van der Waals surface area contributed by atoms with Crippen LogP contribution >= 0.6 is 23.1 Å². The van der Waals surface area contributed by atoms with Gasteiger partial charge in [-0.1, -0.05) is 41.3 Å². The molecule has 2 heterocycles. The largest absolute Gasteiger partial charge is 0.497 e. The average Bonchev–Trinajstić information content (AvgIpc) is 3.39. The van der Waals surface area contributed by atoms with Gasteiger partial charge >= 0.3 is 0 Å². The molecule has 0 aliphatic heterocycles. The maximum atomic E-state index is 5.84. The smallest absolute Gasteiger partial charge is 0.247 e. The molecule has 0 fully saturated rings. The molecule has 0 saturated carbocycles. The lowest BCUT2D eigenvalue weighted by Crippen LogP contribution is -1.88. The molecule has 7 nitrogen and oxygen atoms in total. The lowest BCUT2D eigenvalue weighted by atomic mass is 10.2. The van der Waals surface area contributed by atoms with Gasteiger partial charge in [0.2, 0.25) is 16.9 Å². The minimum absolute atomic E-state index is 0.0444. The van der Waals surface area contributed by atoms with Gasteiger partial charge in [-0.05, 0) is 43.3 Å². The maximum absolute atomic E-state index is 5.84. The molecule has 142 valence electrons. The molecule has 0 bridgehead atoms. The van der Waals surface area contributed by atoms with Gasteiger partial charge < -0.3 is 14.5 Å². The van der Waals surface area contributed by atoms with Crippen molar-refractivity contribution in [3.05, 3.63) is 60.5 Å². The predicted molar refractivity (Wildman–Crippen MR) is 110 cm³/mol. The van der Waals surface area contributed by atoms with Crippen LogP contribution in [0.15, 0.2) is 63.4 Å². The number of aromatic nitrogens is 4. The number of ether oxygens (including phenoxy) is 1. The number of para-hydroxylation sites is 1. The third kappa shape index (κ3) is 4.32. The molecular weight excluding hydrogens is 394 g/mol. The van der Waals surface area contributed by atoms with Crippen LogP contribution in [0.2, 0.25) is 0 Å². The van der Waals surface area contributed by atoms with Crippen LogP contribution in [0, 0.1) is 0 Å². The van der Waals surface area contributed by atoms with Crippen molar-refractivity contribution in [2.75, 3.05) is 12.4 Å². The van der Waals surface area contributed by atoms with Crippen LogP contribution in [-0.2, 0) is 0 Å². The lowest BCUT2D eigenvalue weighted by molar-refractivity contribution is 0.415. The SMILES string of the molecule is COc1ccc(-c2nnc([C@@H](C)Sc3nnc(Nc4ccccc4)s3)o2)cc1. The first-order valence-corrected chi connectivity index (χ1v) is 10.2. The summed E-state index contributed by atoms with van der Waals surface area (Å²) in [6.45, 7) is 2.00. The second kappa shape index (κ2) is 8.41. The van der Waals surface area contributed by atoms with Gasteiger partial charge in [0.1, 0.15) is 5.75 Å². The van der Waals surface area contributed by atoms with Gasteiger partial charge in [-0.2, -0.15) is 0 Å². The lowest BCUT2D eigenvalue weighted by Gasteiger charge is -2.03. The number of anilines is 2. The van der Waals surface area contributed by atoms with E-state index in [1.54, 1.807) is 7.11 Å². The summed E-state index contributed by atoms with van der Waals surface area (Å²) in [5.74, 6) is 1.81. The summed E-state index contributed by atoms with van der Waals surface area (Å²) in [6.07, 6.45) is 0. The molecule has 4 aromatic rings. The summed E-state index contributed by atoms with van der Waals surface area (Å²) in [7, 11) is 1.63. The van der Waals surface area contributed by atoms with E-state index < -0.39 is 0 Å². The number of methoxy groups -OCH3 is 1. The first-order chi connectivity index (χ1) is 13.7. The minimum atomic E-state index is -0.0444. The van der Waals surface area contributed by atoms with Crippen LogP contribution in [0.4, 0.5) is 10.8 Å². The van der Waals surface area contributed by atoms with E-state index in [0.29, 0.717) is 11.8 Å². The van der Waals surface area contributed by atoms with E-state index in [-0.39, 0.29) is 5.25 Å². The van der Waals surface area contributed by atoms with Crippen LogP contribution in [-0.4, -0.2) is 27.5 Å². The van der Waals surface area contributed by atoms with Crippen molar-refractivity contribution in [1.82, 2.24) is 20.4 Å². The van der Waals surface area contributed by atoms with Crippen molar-refractivity contribution in [2.45, 2.75) is 16.5 Å². The Bertz CT molecular complexity index is 1030. The van der Waals surface area contributed by atoms with Gasteiger partial charge in [0.15, 0.2) is 4.34 Å². The Labute approximate surface area is 170 Å². The number of hydrogen-bond acceptors (Lipinski definition) is 9. The van der Waals surface area contributed by atoms with Crippen LogP contribution in [0.5, 0.6) is 5.75 Å². The molecule has 1 N–H and O–H groups in total. The number of rotatable bonds is 7. The number of nitrogens with one attached hydrogen (secondary N) is 1. The molecule has 9 heteroatoms. The molecule has 0 aliphatic carbocycles. The molecule has 0 spiro atoms. The Hall–Kier alpha value is -2.91. The Morgan fingerprint density at radius 3 is 2.54 bits per heavy atom. The fraction of sp³-hybridized carbons (Fsp3) is 0.158. The zero-order chi connectivity index (χ0) is 19.3. The van der Waals surface area contributed by atoms with Gasteiger partial charge in [-0.25, -0.2) is 0 Å². The Balaban J connectivity index is 1.41.